The lowest BCUT2D eigenvalue weighted by atomic mass is 10.2. The first-order chi connectivity index (χ1) is 9.56. The number of rotatable bonds is 5. The number of hydrogen-bond acceptors (Lipinski definition) is 3. The van der Waals surface area contributed by atoms with Crippen molar-refractivity contribution in [2.75, 3.05) is 5.32 Å². The first-order valence-corrected chi connectivity index (χ1v) is 6.16. The van der Waals surface area contributed by atoms with Gasteiger partial charge in [-0.15, -0.1) is 0 Å². The smallest absolute Gasteiger partial charge is 0.315 e. The van der Waals surface area contributed by atoms with E-state index in [0.29, 0.717) is 12.2 Å². The Morgan fingerprint density at radius 2 is 2.05 bits per heavy atom. The van der Waals surface area contributed by atoms with E-state index in [1.807, 2.05) is 30.3 Å². The van der Waals surface area contributed by atoms with Crippen molar-refractivity contribution in [2.45, 2.75) is 13.5 Å². The van der Waals surface area contributed by atoms with Crippen molar-refractivity contribution in [3.63, 3.8) is 0 Å². The Morgan fingerprint density at radius 3 is 2.70 bits per heavy atom. The largest absolute Gasteiger partial charge is 0.481 e. The van der Waals surface area contributed by atoms with E-state index >= 15 is 0 Å². The normalized spacial score (nSPS) is 11.8. The summed E-state index contributed by atoms with van der Waals surface area (Å²) in [5.41, 5.74) is 1.58. The summed E-state index contributed by atoms with van der Waals surface area (Å²) in [7, 11) is 0. The molecular formula is C14H15N3O3. The maximum Gasteiger partial charge on any atom is 0.315 e. The number of aromatic nitrogens is 2. The van der Waals surface area contributed by atoms with Gasteiger partial charge in [-0.3, -0.25) is 14.3 Å². The average molecular weight is 273 g/mol. The third kappa shape index (κ3) is 3.44. The number of hydrogen-bond donors (Lipinski definition) is 2. The van der Waals surface area contributed by atoms with E-state index in [1.54, 1.807) is 10.9 Å². The molecule has 6 nitrogen and oxygen atoms in total. The minimum Gasteiger partial charge on any atom is -0.481 e. The van der Waals surface area contributed by atoms with Crippen LogP contribution in [0, 0.1) is 5.92 Å². The number of carboxylic acid groups (broad SMARTS) is 1. The van der Waals surface area contributed by atoms with Gasteiger partial charge in [0.1, 0.15) is 5.92 Å². The molecule has 20 heavy (non-hydrogen) atoms. The third-order valence-corrected chi connectivity index (χ3v) is 2.85. The van der Waals surface area contributed by atoms with Crippen LogP contribution in [-0.4, -0.2) is 26.8 Å². The molecule has 0 saturated heterocycles. The van der Waals surface area contributed by atoms with E-state index in [2.05, 4.69) is 10.4 Å². The highest BCUT2D eigenvalue weighted by molar-refractivity contribution is 6.03. The summed E-state index contributed by atoms with van der Waals surface area (Å²) in [5, 5.41) is 15.4. The monoisotopic (exact) mass is 273 g/mol. The molecular weight excluding hydrogens is 258 g/mol. The molecule has 0 aliphatic rings. The average Bonchev–Trinajstić information content (AvgIpc) is 2.86. The Kier molecular flexibility index (Phi) is 4.14. The van der Waals surface area contributed by atoms with E-state index < -0.39 is 17.8 Å². The van der Waals surface area contributed by atoms with Crippen LogP contribution in [0.15, 0.2) is 42.7 Å². The Bertz CT molecular complexity index is 607. The maximum absolute atomic E-state index is 11.6. The van der Waals surface area contributed by atoms with Crippen LogP contribution in [0.2, 0.25) is 0 Å². The van der Waals surface area contributed by atoms with Gasteiger partial charge in [-0.25, -0.2) is 0 Å². The highest BCUT2D eigenvalue weighted by Gasteiger charge is 2.20. The first kappa shape index (κ1) is 13.8. The van der Waals surface area contributed by atoms with Gasteiger partial charge >= 0.3 is 5.97 Å². The summed E-state index contributed by atoms with van der Waals surface area (Å²) in [4.78, 5) is 22.3. The Balaban J connectivity index is 1.99. The lowest BCUT2D eigenvalue weighted by molar-refractivity contribution is -0.144. The van der Waals surface area contributed by atoms with E-state index in [0.717, 1.165) is 5.56 Å². The zero-order valence-electron chi connectivity index (χ0n) is 11.0. The van der Waals surface area contributed by atoms with Crippen molar-refractivity contribution in [1.82, 2.24) is 9.78 Å². The SMILES string of the molecule is CC(C(=O)O)C(=O)Nc1cnn(Cc2ccccc2)c1. The molecule has 0 radical (unpaired) electrons. The second kappa shape index (κ2) is 6.01. The molecule has 104 valence electrons. The van der Waals surface area contributed by atoms with Crippen LogP contribution >= 0.6 is 0 Å². The molecule has 2 N–H and O–H groups in total. The maximum atomic E-state index is 11.6. The molecule has 1 aromatic heterocycles. The Hall–Kier alpha value is -2.63. The van der Waals surface area contributed by atoms with Crippen molar-refractivity contribution in [3.05, 3.63) is 48.3 Å². The van der Waals surface area contributed by atoms with Gasteiger partial charge < -0.3 is 10.4 Å². The van der Waals surface area contributed by atoms with Gasteiger partial charge in [0.05, 0.1) is 18.4 Å². The Labute approximate surface area is 116 Å². The fourth-order valence-electron chi connectivity index (χ4n) is 1.65. The highest BCUT2D eigenvalue weighted by Crippen LogP contribution is 2.09. The summed E-state index contributed by atoms with van der Waals surface area (Å²) >= 11 is 0. The predicted molar refractivity (Wildman–Crippen MR) is 73.2 cm³/mol. The van der Waals surface area contributed by atoms with Gasteiger partial charge in [0, 0.05) is 6.20 Å². The minimum atomic E-state index is -1.15. The number of carbonyl (C=O) groups is 2. The number of nitrogens with zero attached hydrogens (tertiary/aromatic N) is 2. The molecule has 0 aliphatic carbocycles. The molecule has 0 bridgehead atoms. The number of carbonyl (C=O) groups excluding carboxylic acids is 1. The van der Waals surface area contributed by atoms with Crippen molar-refractivity contribution in [1.29, 1.82) is 0 Å². The summed E-state index contributed by atoms with van der Waals surface area (Å²) in [6.07, 6.45) is 3.16. The first-order valence-electron chi connectivity index (χ1n) is 6.16. The molecule has 0 aliphatic heterocycles. The van der Waals surface area contributed by atoms with E-state index in [1.165, 1.54) is 13.1 Å². The van der Waals surface area contributed by atoms with Crippen LogP contribution in [0.1, 0.15) is 12.5 Å². The number of amides is 1. The van der Waals surface area contributed by atoms with Crippen molar-refractivity contribution in [3.8, 4) is 0 Å². The van der Waals surface area contributed by atoms with Crippen LogP contribution in [0.25, 0.3) is 0 Å². The molecule has 2 rings (SSSR count). The minimum absolute atomic E-state index is 0.485. The Morgan fingerprint density at radius 1 is 1.35 bits per heavy atom. The van der Waals surface area contributed by atoms with Gasteiger partial charge in [0.15, 0.2) is 0 Å². The van der Waals surface area contributed by atoms with Crippen molar-refractivity contribution in [2.24, 2.45) is 5.92 Å². The third-order valence-electron chi connectivity index (χ3n) is 2.85. The van der Waals surface area contributed by atoms with E-state index in [4.69, 9.17) is 5.11 Å². The van der Waals surface area contributed by atoms with Crippen LogP contribution in [0.3, 0.4) is 0 Å². The summed E-state index contributed by atoms with van der Waals surface area (Å²) < 4.78 is 1.68. The van der Waals surface area contributed by atoms with E-state index in [9.17, 15) is 9.59 Å². The number of aliphatic carboxylic acids is 1. The topological polar surface area (TPSA) is 84.2 Å². The predicted octanol–water partition coefficient (Wildman–Crippen LogP) is 1.59. The van der Waals surface area contributed by atoms with Gasteiger partial charge in [0.2, 0.25) is 5.91 Å². The standard InChI is InChI=1S/C14H15N3O3/c1-10(14(19)20)13(18)16-12-7-15-17(9-12)8-11-5-3-2-4-6-11/h2-7,9-10H,8H2,1H3,(H,16,18)(H,19,20). The second-order valence-electron chi connectivity index (χ2n) is 4.46. The number of carboxylic acids is 1. The summed E-state index contributed by atoms with van der Waals surface area (Å²) in [6, 6.07) is 9.77. The molecule has 1 aromatic carbocycles. The molecule has 1 unspecified atom stereocenters. The molecule has 0 spiro atoms. The quantitative estimate of drug-likeness (QED) is 0.810. The van der Waals surface area contributed by atoms with Crippen LogP contribution in [0.4, 0.5) is 5.69 Å². The summed E-state index contributed by atoms with van der Waals surface area (Å²) in [5.74, 6) is -2.80. The second-order valence-corrected chi connectivity index (χ2v) is 4.46. The van der Waals surface area contributed by atoms with Crippen LogP contribution in [-0.2, 0) is 16.1 Å². The lowest BCUT2D eigenvalue weighted by Crippen LogP contribution is -2.26. The fraction of sp³-hybridized carbons (Fsp3) is 0.214. The molecule has 1 heterocycles. The molecule has 1 amide bonds. The fourth-order valence-corrected chi connectivity index (χ4v) is 1.65. The van der Waals surface area contributed by atoms with E-state index in [-0.39, 0.29) is 0 Å². The van der Waals surface area contributed by atoms with Crippen LogP contribution < -0.4 is 5.32 Å². The molecule has 6 heteroatoms. The summed E-state index contributed by atoms with van der Waals surface area (Å²) in [6.45, 7) is 1.93. The zero-order chi connectivity index (χ0) is 14.5. The van der Waals surface area contributed by atoms with Gasteiger partial charge in [-0.1, -0.05) is 30.3 Å². The number of anilines is 1. The number of benzene rings is 1. The van der Waals surface area contributed by atoms with Gasteiger partial charge in [0.25, 0.3) is 0 Å². The van der Waals surface area contributed by atoms with Gasteiger partial charge in [-0.2, -0.15) is 5.10 Å². The van der Waals surface area contributed by atoms with Crippen LogP contribution in [0.5, 0.6) is 0 Å². The highest BCUT2D eigenvalue weighted by atomic mass is 16.4. The number of nitrogens with one attached hydrogen (secondary N) is 1. The molecule has 0 fully saturated rings. The van der Waals surface area contributed by atoms with Crippen molar-refractivity contribution >= 4 is 17.6 Å². The van der Waals surface area contributed by atoms with Gasteiger partial charge in [-0.05, 0) is 12.5 Å². The zero-order valence-corrected chi connectivity index (χ0v) is 11.0. The molecule has 2 aromatic rings. The molecule has 0 saturated carbocycles. The van der Waals surface area contributed by atoms with Crippen molar-refractivity contribution < 1.29 is 14.7 Å². The molecule has 1 atom stereocenters. The lowest BCUT2D eigenvalue weighted by Gasteiger charge is -2.05.